The van der Waals surface area contributed by atoms with E-state index in [1.54, 1.807) is 17.8 Å². The van der Waals surface area contributed by atoms with Crippen LogP contribution < -0.4 is 5.32 Å². The highest BCUT2D eigenvalue weighted by Crippen LogP contribution is 2.22. The number of para-hydroxylation sites is 1. The molecule has 2 aromatic carbocycles. The van der Waals surface area contributed by atoms with Crippen LogP contribution in [0, 0.1) is 25.5 Å². The normalized spacial score (nSPS) is 12.0. The lowest BCUT2D eigenvalue weighted by Crippen LogP contribution is -2.27. The average molecular weight is 355 g/mol. The van der Waals surface area contributed by atoms with E-state index in [2.05, 4.69) is 10.4 Å². The number of halogens is 2. The van der Waals surface area contributed by atoms with Crippen molar-refractivity contribution < 1.29 is 13.6 Å². The lowest BCUT2D eigenvalue weighted by atomic mass is 10.1. The predicted molar refractivity (Wildman–Crippen MR) is 95.3 cm³/mol. The Balaban J connectivity index is 1.85. The fourth-order valence-corrected chi connectivity index (χ4v) is 2.91. The van der Waals surface area contributed by atoms with E-state index < -0.39 is 23.6 Å². The number of rotatable bonds is 4. The molecule has 3 aromatic rings. The monoisotopic (exact) mass is 355 g/mol. The number of hydrogen-bond donors (Lipinski definition) is 1. The smallest absolute Gasteiger partial charge is 0.254 e. The van der Waals surface area contributed by atoms with E-state index in [1.165, 1.54) is 0 Å². The predicted octanol–water partition coefficient (Wildman–Crippen LogP) is 4.26. The molecule has 6 heteroatoms. The molecular weight excluding hydrogens is 336 g/mol. The molecule has 1 amide bonds. The average Bonchev–Trinajstić information content (AvgIpc) is 2.99. The quantitative estimate of drug-likeness (QED) is 0.760. The Hall–Kier alpha value is -3.02. The number of amides is 1. The maximum absolute atomic E-state index is 13.8. The molecule has 1 aromatic heterocycles. The topological polar surface area (TPSA) is 46.9 Å². The van der Waals surface area contributed by atoms with Gasteiger partial charge in [-0.2, -0.15) is 5.10 Å². The van der Waals surface area contributed by atoms with Crippen LogP contribution in [0.2, 0.25) is 0 Å². The molecule has 0 unspecified atom stereocenters. The van der Waals surface area contributed by atoms with Crippen LogP contribution in [0.5, 0.6) is 0 Å². The number of benzene rings is 2. The van der Waals surface area contributed by atoms with Crippen LogP contribution >= 0.6 is 0 Å². The van der Waals surface area contributed by atoms with Crippen molar-refractivity contribution in [1.82, 2.24) is 15.1 Å². The summed E-state index contributed by atoms with van der Waals surface area (Å²) in [6.07, 6.45) is 1.68. The van der Waals surface area contributed by atoms with Gasteiger partial charge in [-0.3, -0.25) is 4.79 Å². The van der Waals surface area contributed by atoms with Gasteiger partial charge in [-0.05, 0) is 50.6 Å². The molecule has 0 spiro atoms. The van der Waals surface area contributed by atoms with Crippen molar-refractivity contribution in [1.29, 1.82) is 0 Å². The van der Waals surface area contributed by atoms with E-state index in [0.29, 0.717) is 0 Å². The summed E-state index contributed by atoms with van der Waals surface area (Å²) < 4.78 is 28.9. The standard InChI is InChI=1S/C20H19F2N3O/c1-12-6-4-5-7-19(12)25-14(3)17(11-23-25)13(2)24-20(26)16-10-15(21)8-9-18(16)22/h4-11,13H,1-3H3,(H,24,26)/t13-/m1/s1. The van der Waals surface area contributed by atoms with Gasteiger partial charge in [0.25, 0.3) is 5.91 Å². The number of nitrogens with one attached hydrogen (secondary N) is 1. The third-order valence-corrected chi connectivity index (χ3v) is 4.38. The maximum Gasteiger partial charge on any atom is 0.254 e. The van der Waals surface area contributed by atoms with Gasteiger partial charge in [0.05, 0.1) is 23.5 Å². The molecule has 0 aliphatic carbocycles. The van der Waals surface area contributed by atoms with Crippen LogP contribution in [0.4, 0.5) is 8.78 Å². The summed E-state index contributed by atoms with van der Waals surface area (Å²) in [5.41, 5.74) is 3.38. The molecule has 1 atom stereocenters. The zero-order valence-corrected chi connectivity index (χ0v) is 14.8. The highest BCUT2D eigenvalue weighted by Gasteiger charge is 2.19. The third-order valence-electron chi connectivity index (χ3n) is 4.38. The van der Waals surface area contributed by atoms with Crippen molar-refractivity contribution >= 4 is 5.91 Å². The highest BCUT2D eigenvalue weighted by molar-refractivity contribution is 5.94. The first-order valence-electron chi connectivity index (χ1n) is 8.25. The largest absolute Gasteiger partial charge is 0.345 e. The molecule has 0 bridgehead atoms. The van der Waals surface area contributed by atoms with Gasteiger partial charge in [0.2, 0.25) is 0 Å². The van der Waals surface area contributed by atoms with Crippen LogP contribution in [0.1, 0.15) is 40.1 Å². The van der Waals surface area contributed by atoms with Gasteiger partial charge in [0.1, 0.15) is 11.6 Å². The minimum Gasteiger partial charge on any atom is -0.345 e. The second-order valence-corrected chi connectivity index (χ2v) is 6.20. The molecule has 26 heavy (non-hydrogen) atoms. The molecule has 0 aliphatic heterocycles. The lowest BCUT2D eigenvalue weighted by Gasteiger charge is -2.15. The summed E-state index contributed by atoms with van der Waals surface area (Å²) in [5.74, 6) is -2.09. The summed E-state index contributed by atoms with van der Waals surface area (Å²) in [6.45, 7) is 5.68. The van der Waals surface area contributed by atoms with Crippen LogP contribution in [0.25, 0.3) is 5.69 Å². The number of carbonyl (C=O) groups excluding carboxylic acids is 1. The molecule has 0 radical (unpaired) electrons. The molecule has 1 heterocycles. The van der Waals surface area contributed by atoms with E-state index in [9.17, 15) is 13.6 Å². The van der Waals surface area contributed by atoms with Crippen LogP contribution in [0.3, 0.4) is 0 Å². The summed E-state index contributed by atoms with van der Waals surface area (Å²) in [6, 6.07) is 10.2. The van der Waals surface area contributed by atoms with Crippen molar-refractivity contribution in [3.63, 3.8) is 0 Å². The zero-order chi connectivity index (χ0) is 18.8. The second kappa shape index (κ2) is 7.07. The molecule has 0 fully saturated rings. The number of carbonyl (C=O) groups is 1. The minimum atomic E-state index is -0.761. The van der Waals surface area contributed by atoms with E-state index in [-0.39, 0.29) is 5.56 Å². The Morgan fingerprint density at radius 1 is 1.15 bits per heavy atom. The zero-order valence-electron chi connectivity index (χ0n) is 14.8. The number of aromatic nitrogens is 2. The fourth-order valence-electron chi connectivity index (χ4n) is 2.91. The van der Waals surface area contributed by atoms with Crippen molar-refractivity contribution in [3.05, 3.63) is 82.7 Å². The molecule has 0 aliphatic rings. The number of aryl methyl sites for hydroxylation is 1. The summed E-state index contributed by atoms with van der Waals surface area (Å²) in [7, 11) is 0. The summed E-state index contributed by atoms with van der Waals surface area (Å²) in [4.78, 5) is 12.3. The Labute approximate surface area is 150 Å². The van der Waals surface area contributed by atoms with Gasteiger partial charge >= 0.3 is 0 Å². The van der Waals surface area contributed by atoms with Crippen molar-refractivity contribution in [2.75, 3.05) is 0 Å². The number of hydrogen-bond acceptors (Lipinski definition) is 2. The lowest BCUT2D eigenvalue weighted by molar-refractivity contribution is 0.0935. The Kier molecular flexibility index (Phi) is 4.84. The van der Waals surface area contributed by atoms with Crippen molar-refractivity contribution in [2.45, 2.75) is 26.8 Å². The summed E-state index contributed by atoms with van der Waals surface area (Å²) in [5, 5.41) is 7.11. The van der Waals surface area contributed by atoms with Crippen molar-refractivity contribution in [2.24, 2.45) is 0 Å². The maximum atomic E-state index is 13.8. The van der Waals surface area contributed by atoms with E-state index >= 15 is 0 Å². The second-order valence-electron chi connectivity index (χ2n) is 6.20. The molecule has 3 rings (SSSR count). The first-order valence-corrected chi connectivity index (χ1v) is 8.25. The summed E-state index contributed by atoms with van der Waals surface area (Å²) >= 11 is 0. The molecule has 4 nitrogen and oxygen atoms in total. The van der Waals surface area contributed by atoms with Gasteiger partial charge in [-0.25, -0.2) is 13.5 Å². The Morgan fingerprint density at radius 2 is 1.88 bits per heavy atom. The van der Waals surface area contributed by atoms with Crippen LogP contribution in [0.15, 0.2) is 48.7 Å². The third kappa shape index (κ3) is 3.35. The Bertz CT molecular complexity index is 965. The molecular formula is C20H19F2N3O. The van der Waals surface area contributed by atoms with E-state index in [0.717, 1.165) is 40.7 Å². The van der Waals surface area contributed by atoms with Gasteiger partial charge in [0.15, 0.2) is 0 Å². The molecule has 134 valence electrons. The number of nitrogens with zero attached hydrogens (tertiary/aromatic N) is 2. The van der Waals surface area contributed by atoms with E-state index in [1.807, 2.05) is 38.1 Å². The minimum absolute atomic E-state index is 0.319. The van der Waals surface area contributed by atoms with Crippen LogP contribution in [-0.2, 0) is 0 Å². The Morgan fingerprint density at radius 3 is 2.62 bits per heavy atom. The van der Waals surface area contributed by atoms with Gasteiger partial charge in [0, 0.05) is 11.3 Å². The van der Waals surface area contributed by atoms with Gasteiger partial charge < -0.3 is 5.32 Å². The van der Waals surface area contributed by atoms with Gasteiger partial charge in [-0.15, -0.1) is 0 Å². The molecule has 0 saturated heterocycles. The highest BCUT2D eigenvalue weighted by atomic mass is 19.1. The van der Waals surface area contributed by atoms with Gasteiger partial charge in [-0.1, -0.05) is 18.2 Å². The van der Waals surface area contributed by atoms with Crippen molar-refractivity contribution in [3.8, 4) is 5.69 Å². The van der Waals surface area contributed by atoms with E-state index in [4.69, 9.17) is 0 Å². The SMILES string of the molecule is Cc1ccccc1-n1ncc([C@@H](C)NC(=O)c2cc(F)ccc2F)c1C. The first kappa shape index (κ1) is 17.8. The molecule has 1 N–H and O–H groups in total. The fraction of sp³-hybridized carbons (Fsp3) is 0.200. The van der Waals surface area contributed by atoms with Crippen LogP contribution in [-0.4, -0.2) is 15.7 Å². The molecule has 0 saturated carbocycles. The first-order chi connectivity index (χ1) is 12.4.